The molecule has 21 heavy (non-hydrogen) atoms. The van der Waals surface area contributed by atoms with Gasteiger partial charge in [-0.15, -0.1) is 0 Å². The van der Waals surface area contributed by atoms with E-state index in [-0.39, 0.29) is 0 Å². The van der Waals surface area contributed by atoms with E-state index in [0.29, 0.717) is 5.41 Å². The Hall–Kier alpha value is -0.380. The lowest BCUT2D eigenvalue weighted by Gasteiger charge is -2.38. The number of nitrogens with zero attached hydrogens (tertiary/aromatic N) is 1. The molecule has 1 heterocycles. The van der Waals surface area contributed by atoms with Crippen LogP contribution in [0.3, 0.4) is 0 Å². The van der Waals surface area contributed by atoms with E-state index in [1.54, 1.807) is 0 Å². The van der Waals surface area contributed by atoms with Crippen molar-refractivity contribution in [2.75, 3.05) is 13.1 Å². The zero-order valence-corrected chi connectivity index (χ0v) is 14.4. The Bertz CT molecular complexity index is 416. The zero-order valence-electron chi connectivity index (χ0n) is 13.6. The van der Waals surface area contributed by atoms with Crippen LogP contribution >= 0.6 is 11.3 Å². The highest BCUT2D eigenvalue weighted by Crippen LogP contribution is 2.35. The van der Waals surface area contributed by atoms with Crippen LogP contribution in [0.15, 0.2) is 16.8 Å². The predicted molar refractivity (Wildman–Crippen MR) is 91.8 cm³/mol. The summed E-state index contributed by atoms with van der Waals surface area (Å²) in [5, 5.41) is 8.33. The molecule has 118 valence electrons. The lowest BCUT2D eigenvalue weighted by Crippen LogP contribution is -2.44. The third kappa shape index (κ3) is 4.30. The second kappa shape index (κ2) is 6.80. The Balaban J connectivity index is 1.62. The Morgan fingerprint density at radius 1 is 1.24 bits per heavy atom. The molecule has 0 radical (unpaired) electrons. The molecule has 2 fully saturated rings. The molecule has 1 N–H and O–H groups in total. The van der Waals surface area contributed by atoms with Crippen molar-refractivity contribution in [2.45, 2.75) is 71.0 Å². The van der Waals surface area contributed by atoms with Gasteiger partial charge in [-0.1, -0.05) is 13.8 Å². The van der Waals surface area contributed by atoms with Crippen molar-refractivity contribution in [1.82, 2.24) is 10.2 Å². The minimum Gasteiger partial charge on any atom is -0.313 e. The second-order valence-electron chi connectivity index (χ2n) is 7.13. The van der Waals surface area contributed by atoms with E-state index in [0.717, 1.165) is 18.6 Å². The van der Waals surface area contributed by atoms with E-state index in [1.165, 1.54) is 57.2 Å². The van der Waals surface area contributed by atoms with Crippen LogP contribution in [0.5, 0.6) is 0 Å². The fourth-order valence-corrected chi connectivity index (χ4v) is 3.89. The quantitative estimate of drug-likeness (QED) is 0.694. The summed E-state index contributed by atoms with van der Waals surface area (Å²) in [7, 11) is 0. The molecule has 1 aromatic rings. The maximum Gasteiger partial charge on any atom is 0.0245 e. The number of hydrogen-bond acceptors (Lipinski definition) is 3. The van der Waals surface area contributed by atoms with Crippen LogP contribution < -0.4 is 5.32 Å². The molecule has 2 nitrogen and oxygen atoms in total. The van der Waals surface area contributed by atoms with E-state index in [4.69, 9.17) is 0 Å². The Morgan fingerprint density at radius 3 is 2.52 bits per heavy atom. The topological polar surface area (TPSA) is 15.3 Å². The van der Waals surface area contributed by atoms with E-state index < -0.39 is 0 Å². The molecule has 0 aromatic carbocycles. The minimum absolute atomic E-state index is 0.460. The first-order valence-electron chi connectivity index (χ1n) is 8.73. The fourth-order valence-electron chi connectivity index (χ4n) is 3.23. The van der Waals surface area contributed by atoms with Crippen LogP contribution in [0.2, 0.25) is 0 Å². The van der Waals surface area contributed by atoms with Crippen molar-refractivity contribution < 1.29 is 0 Å². The van der Waals surface area contributed by atoms with Crippen molar-refractivity contribution >= 4 is 11.3 Å². The first-order valence-corrected chi connectivity index (χ1v) is 9.67. The molecular formula is C18H30N2S. The molecule has 2 saturated carbocycles. The molecule has 0 aliphatic heterocycles. The molecule has 0 bridgehead atoms. The summed E-state index contributed by atoms with van der Waals surface area (Å²) in [5.74, 6) is 0. The monoisotopic (exact) mass is 306 g/mol. The van der Waals surface area contributed by atoms with Crippen LogP contribution in [0, 0.1) is 5.41 Å². The van der Waals surface area contributed by atoms with Crippen molar-refractivity contribution in [3.05, 3.63) is 22.4 Å². The van der Waals surface area contributed by atoms with Gasteiger partial charge in [0, 0.05) is 31.7 Å². The van der Waals surface area contributed by atoms with Gasteiger partial charge in [0.2, 0.25) is 0 Å². The molecule has 0 atom stereocenters. The average molecular weight is 307 g/mol. The Kier molecular flexibility index (Phi) is 5.03. The van der Waals surface area contributed by atoms with E-state index >= 15 is 0 Å². The SMILES string of the molecule is CCC(CC)(CNC1CC1)CN(Cc1ccsc1)C1CC1. The molecular weight excluding hydrogens is 276 g/mol. The van der Waals surface area contributed by atoms with Crippen molar-refractivity contribution in [2.24, 2.45) is 5.41 Å². The van der Waals surface area contributed by atoms with Crippen LogP contribution in [0.1, 0.15) is 57.9 Å². The number of hydrogen-bond donors (Lipinski definition) is 1. The first kappa shape index (κ1) is 15.5. The predicted octanol–water partition coefficient (Wildman–Crippen LogP) is 4.27. The van der Waals surface area contributed by atoms with Gasteiger partial charge in [0.25, 0.3) is 0 Å². The second-order valence-corrected chi connectivity index (χ2v) is 7.91. The normalized spacial score (nSPS) is 19.4. The molecule has 0 amide bonds. The first-order chi connectivity index (χ1) is 10.2. The zero-order chi connectivity index (χ0) is 14.7. The smallest absolute Gasteiger partial charge is 0.0245 e. The van der Waals surface area contributed by atoms with Gasteiger partial charge < -0.3 is 5.32 Å². The van der Waals surface area contributed by atoms with Gasteiger partial charge >= 0.3 is 0 Å². The van der Waals surface area contributed by atoms with Crippen LogP contribution in [0.4, 0.5) is 0 Å². The van der Waals surface area contributed by atoms with Crippen molar-refractivity contribution in [1.29, 1.82) is 0 Å². The summed E-state index contributed by atoms with van der Waals surface area (Å²) < 4.78 is 0. The fraction of sp³-hybridized carbons (Fsp3) is 0.778. The molecule has 0 unspecified atom stereocenters. The van der Waals surface area contributed by atoms with E-state index in [9.17, 15) is 0 Å². The third-order valence-corrected chi connectivity index (χ3v) is 6.14. The highest BCUT2D eigenvalue weighted by atomic mass is 32.1. The molecule has 3 heteroatoms. The molecule has 2 aliphatic rings. The van der Waals surface area contributed by atoms with E-state index in [1.807, 2.05) is 11.3 Å². The summed E-state index contributed by atoms with van der Waals surface area (Å²) in [6.45, 7) is 8.39. The van der Waals surface area contributed by atoms with Gasteiger partial charge in [0.05, 0.1) is 0 Å². The highest BCUT2D eigenvalue weighted by molar-refractivity contribution is 7.07. The Labute approximate surface area is 133 Å². The van der Waals surface area contributed by atoms with Crippen LogP contribution in [-0.4, -0.2) is 30.1 Å². The molecule has 0 spiro atoms. The number of rotatable bonds is 10. The van der Waals surface area contributed by atoms with Gasteiger partial charge in [-0.2, -0.15) is 11.3 Å². The minimum atomic E-state index is 0.460. The number of nitrogens with one attached hydrogen (secondary N) is 1. The largest absolute Gasteiger partial charge is 0.313 e. The standard InChI is InChI=1S/C18H30N2S/c1-3-18(4-2,13-19-16-5-6-16)14-20(17-7-8-17)11-15-9-10-21-12-15/h9-10,12,16-17,19H,3-8,11,13-14H2,1-2H3. The maximum absolute atomic E-state index is 3.80. The van der Waals surface area contributed by atoms with Gasteiger partial charge in [0.15, 0.2) is 0 Å². The molecule has 0 saturated heterocycles. The van der Waals surface area contributed by atoms with Crippen LogP contribution in [0.25, 0.3) is 0 Å². The summed E-state index contributed by atoms with van der Waals surface area (Å²) in [6.07, 6.45) is 8.18. The summed E-state index contributed by atoms with van der Waals surface area (Å²) in [6, 6.07) is 3.97. The Morgan fingerprint density at radius 2 is 2.00 bits per heavy atom. The van der Waals surface area contributed by atoms with Crippen molar-refractivity contribution in [3.63, 3.8) is 0 Å². The summed E-state index contributed by atoms with van der Waals surface area (Å²) >= 11 is 1.83. The van der Waals surface area contributed by atoms with Gasteiger partial charge in [-0.05, 0) is 66.3 Å². The summed E-state index contributed by atoms with van der Waals surface area (Å²) in [5.41, 5.74) is 1.96. The lowest BCUT2D eigenvalue weighted by molar-refractivity contribution is 0.122. The van der Waals surface area contributed by atoms with E-state index in [2.05, 4.69) is 40.9 Å². The summed E-state index contributed by atoms with van der Waals surface area (Å²) in [4.78, 5) is 2.77. The molecule has 3 rings (SSSR count). The van der Waals surface area contributed by atoms with Gasteiger partial charge in [0.1, 0.15) is 0 Å². The van der Waals surface area contributed by atoms with Gasteiger partial charge in [-0.3, -0.25) is 4.90 Å². The molecule has 1 aromatic heterocycles. The van der Waals surface area contributed by atoms with Crippen molar-refractivity contribution in [3.8, 4) is 0 Å². The van der Waals surface area contributed by atoms with Gasteiger partial charge in [-0.25, -0.2) is 0 Å². The molecule has 2 aliphatic carbocycles. The van der Waals surface area contributed by atoms with Crippen LogP contribution in [-0.2, 0) is 6.54 Å². The third-order valence-electron chi connectivity index (χ3n) is 5.41. The maximum atomic E-state index is 3.80. The average Bonchev–Trinajstić information content (AvgIpc) is 3.43. The lowest BCUT2D eigenvalue weighted by atomic mass is 9.81. The highest BCUT2D eigenvalue weighted by Gasteiger charge is 2.36. The number of thiophene rings is 1.